The van der Waals surface area contributed by atoms with Gasteiger partial charge in [-0.15, -0.1) is 0 Å². The fourth-order valence-corrected chi connectivity index (χ4v) is 5.04. The molecular weight excluding hydrogens is 435 g/mol. The summed E-state index contributed by atoms with van der Waals surface area (Å²) in [5.74, 6) is 0.810. The first-order valence-electron chi connectivity index (χ1n) is 12.0. The van der Waals surface area contributed by atoms with E-state index in [1.165, 1.54) is 17.7 Å². The summed E-state index contributed by atoms with van der Waals surface area (Å²) in [6, 6.07) is 10.3. The van der Waals surface area contributed by atoms with E-state index < -0.39 is 12.0 Å². The third-order valence-electron chi connectivity index (χ3n) is 7.21. The number of rotatable bonds is 6. The Hall–Kier alpha value is -2.74. The zero-order valence-corrected chi connectivity index (χ0v) is 19.5. The molecule has 2 aliphatic rings. The number of aliphatic hydroxyl groups is 1. The van der Waals surface area contributed by atoms with Gasteiger partial charge in [-0.25, -0.2) is 4.39 Å². The Kier molecular flexibility index (Phi) is 6.68. The van der Waals surface area contributed by atoms with Gasteiger partial charge in [-0.1, -0.05) is 6.07 Å². The number of nitrogens with zero attached hydrogens (tertiary/aromatic N) is 1. The highest BCUT2D eigenvalue weighted by Gasteiger charge is 2.26. The Morgan fingerprint density at radius 3 is 2.85 bits per heavy atom. The second-order valence-electron chi connectivity index (χ2n) is 9.46. The molecule has 0 bridgehead atoms. The third-order valence-corrected chi connectivity index (χ3v) is 7.21. The molecule has 2 aromatic carbocycles. The quantitative estimate of drug-likeness (QED) is 0.573. The average molecular weight is 467 g/mol. The Morgan fingerprint density at radius 2 is 2.03 bits per heavy atom. The highest BCUT2D eigenvalue weighted by Crippen LogP contribution is 2.28. The van der Waals surface area contributed by atoms with Crippen molar-refractivity contribution in [2.45, 2.75) is 52.0 Å². The van der Waals surface area contributed by atoms with Crippen LogP contribution in [-0.4, -0.2) is 41.0 Å². The molecule has 2 N–H and O–H groups in total. The molecule has 1 saturated heterocycles. The largest absolute Gasteiger partial charge is 0.487 e. The summed E-state index contributed by atoms with van der Waals surface area (Å²) in [5.41, 5.74) is 4.05. The molecule has 3 heterocycles. The zero-order valence-electron chi connectivity index (χ0n) is 19.5. The summed E-state index contributed by atoms with van der Waals surface area (Å²) in [6.07, 6.45) is 3.27. The van der Waals surface area contributed by atoms with E-state index in [0.29, 0.717) is 34.6 Å². The minimum Gasteiger partial charge on any atom is -0.487 e. The molecule has 1 unspecified atom stereocenters. The van der Waals surface area contributed by atoms with Crippen molar-refractivity contribution < 1.29 is 19.0 Å². The molecule has 0 saturated carbocycles. The van der Waals surface area contributed by atoms with E-state index in [4.69, 9.17) is 9.47 Å². The maximum atomic E-state index is 13.5. The van der Waals surface area contributed by atoms with E-state index in [-0.39, 0.29) is 12.0 Å². The molecule has 3 aromatic rings. The number of nitrogens with one attached hydrogen (secondary N) is 1. The fourth-order valence-electron chi connectivity index (χ4n) is 5.04. The number of aromatic amines is 1. The number of benzene rings is 2. The van der Waals surface area contributed by atoms with Gasteiger partial charge in [0.2, 0.25) is 0 Å². The lowest BCUT2D eigenvalue weighted by Gasteiger charge is -2.35. The lowest BCUT2D eigenvalue weighted by Crippen LogP contribution is -2.40. The van der Waals surface area contributed by atoms with E-state index in [2.05, 4.69) is 16.0 Å². The van der Waals surface area contributed by atoms with Gasteiger partial charge in [0.15, 0.2) is 5.43 Å². The number of ether oxygens (including phenoxy) is 2. The number of hydrogen-bond donors (Lipinski definition) is 2. The molecule has 5 rings (SSSR count). The standard InChI is InChI=1S/C27H31FN2O4/c1-17-25(29-24-5-3-21(28)14-23(24)27(17)32)16-34-22-4-2-19-6-9-30(15-20(19)13-22)26(31)12-18-7-10-33-11-8-18/h2-5,13-14,18,26,31H,6-12,15-16H2,1H3,(H,29,32). The number of aliphatic hydroxyl groups excluding tert-OH is 1. The molecule has 1 atom stereocenters. The second-order valence-corrected chi connectivity index (χ2v) is 9.46. The van der Waals surface area contributed by atoms with Gasteiger partial charge < -0.3 is 19.6 Å². The van der Waals surface area contributed by atoms with E-state index in [1.807, 2.05) is 12.1 Å². The van der Waals surface area contributed by atoms with Gasteiger partial charge in [0.25, 0.3) is 0 Å². The van der Waals surface area contributed by atoms with Crippen molar-refractivity contribution in [2.24, 2.45) is 5.92 Å². The van der Waals surface area contributed by atoms with Gasteiger partial charge in [0.05, 0.1) is 5.69 Å². The first kappa shape index (κ1) is 23.0. The predicted octanol–water partition coefficient (Wildman–Crippen LogP) is 4.05. The molecule has 0 amide bonds. The Bertz CT molecular complexity index is 1240. The van der Waals surface area contributed by atoms with Crippen LogP contribution in [0.5, 0.6) is 5.75 Å². The van der Waals surface area contributed by atoms with Gasteiger partial charge in [-0.05, 0) is 80.0 Å². The summed E-state index contributed by atoms with van der Waals surface area (Å²) in [6.45, 7) is 5.05. The number of fused-ring (bicyclic) bond motifs is 2. The fraction of sp³-hybridized carbons (Fsp3) is 0.444. The van der Waals surface area contributed by atoms with Crippen molar-refractivity contribution in [3.05, 3.63) is 74.8 Å². The van der Waals surface area contributed by atoms with Gasteiger partial charge in [-0.3, -0.25) is 9.69 Å². The van der Waals surface area contributed by atoms with Crippen LogP contribution in [-0.2, 0) is 24.3 Å². The zero-order chi connectivity index (χ0) is 23.7. The molecule has 1 aromatic heterocycles. The third kappa shape index (κ3) is 4.87. The second kappa shape index (κ2) is 9.86. The first-order valence-corrected chi connectivity index (χ1v) is 12.0. The van der Waals surface area contributed by atoms with Crippen molar-refractivity contribution in [2.75, 3.05) is 19.8 Å². The Labute approximate surface area is 198 Å². The van der Waals surface area contributed by atoms with E-state index in [0.717, 1.165) is 56.8 Å². The van der Waals surface area contributed by atoms with Crippen molar-refractivity contribution in [3.63, 3.8) is 0 Å². The summed E-state index contributed by atoms with van der Waals surface area (Å²) in [7, 11) is 0. The normalized spacial score (nSPS) is 18.1. The highest BCUT2D eigenvalue weighted by molar-refractivity contribution is 5.79. The lowest BCUT2D eigenvalue weighted by atomic mass is 9.94. The summed E-state index contributed by atoms with van der Waals surface area (Å²) >= 11 is 0. The lowest BCUT2D eigenvalue weighted by molar-refractivity contribution is -0.0368. The number of pyridine rings is 1. The minimum absolute atomic E-state index is 0.188. The Balaban J connectivity index is 1.27. The van der Waals surface area contributed by atoms with Crippen molar-refractivity contribution in [3.8, 4) is 5.75 Å². The summed E-state index contributed by atoms with van der Waals surface area (Å²) in [5, 5.41) is 11.2. The number of halogens is 1. The SMILES string of the molecule is Cc1c(COc2ccc3c(c2)CN(C(O)CC2CCOCC2)CC3)[nH]c2ccc(F)cc2c1=O. The van der Waals surface area contributed by atoms with Crippen molar-refractivity contribution >= 4 is 10.9 Å². The van der Waals surface area contributed by atoms with E-state index in [1.54, 1.807) is 13.0 Å². The van der Waals surface area contributed by atoms with Gasteiger partial charge in [0.1, 0.15) is 24.4 Å². The molecule has 34 heavy (non-hydrogen) atoms. The molecule has 7 heteroatoms. The number of hydrogen-bond acceptors (Lipinski definition) is 5. The van der Waals surface area contributed by atoms with Crippen LogP contribution < -0.4 is 10.2 Å². The van der Waals surface area contributed by atoms with Crippen LogP contribution in [0.2, 0.25) is 0 Å². The molecular formula is C27H31FN2O4. The molecule has 0 radical (unpaired) electrons. The summed E-state index contributed by atoms with van der Waals surface area (Å²) < 4.78 is 25.0. The van der Waals surface area contributed by atoms with Crippen LogP contribution >= 0.6 is 0 Å². The molecule has 0 aliphatic carbocycles. The van der Waals surface area contributed by atoms with Gasteiger partial charge >= 0.3 is 0 Å². The maximum absolute atomic E-state index is 13.5. The van der Waals surface area contributed by atoms with Crippen LogP contribution in [0.4, 0.5) is 4.39 Å². The maximum Gasteiger partial charge on any atom is 0.192 e. The minimum atomic E-state index is -0.448. The first-order chi connectivity index (χ1) is 16.5. The predicted molar refractivity (Wildman–Crippen MR) is 128 cm³/mol. The topological polar surface area (TPSA) is 74.8 Å². The van der Waals surface area contributed by atoms with Gasteiger partial charge in [-0.2, -0.15) is 0 Å². The number of H-pyrrole nitrogens is 1. The van der Waals surface area contributed by atoms with E-state index in [9.17, 15) is 14.3 Å². The summed E-state index contributed by atoms with van der Waals surface area (Å²) in [4.78, 5) is 18.0. The van der Waals surface area contributed by atoms with Crippen molar-refractivity contribution in [1.29, 1.82) is 0 Å². The average Bonchev–Trinajstić information content (AvgIpc) is 2.86. The van der Waals surface area contributed by atoms with E-state index >= 15 is 0 Å². The van der Waals surface area contributed by atoms with Crippen LogP contribution in [0.15, 0.2) is 41.2 Å². The molecule has 2 aliphatic heterocycles. The smallest absolute Gasteiger partial charge is 0.192 e. The van der Waals surface area contributed by atoms with Crippen molar-refractivity contribution in [1.82, 2.24) is 9.88 Å². The molecule has 1 fully saturated rings. The van der Waals surface area contributed by atoms with Crippen LogP contribution in [0.1, 0.15) is 41.6 Å². The molecule has 180 valence electrons. The van der Waals surface area contributed by atoms with Crippen LogP contribution in [0, 0.1) is 18.7 Å². The Morgan fingerprint density at radius 1 is 1.21 bits per heavy atom. The molecule has 6 nitrogen and oxygen atoms in total. The van der Waals surface area contributed by atoms with Crippen LogP contribution in [0.25, 0.3) is 10.9 Å². The number of aromatic nitrogens is 1. The molecule has 0 spiro atoms. The monoisotopic (exact) mass is 466 g/mol. The van der Waals surface area contributed by atoms with Crippen LogP contribution in [0.3, 0.4) is 0 Å². The van der Waals surface area contributed by atoms with Gasteiger partial charge in [0, 0.05) is 42.8 Å². The highest BCUT2D eigenvalue weighted by atomic mass is 19.1.